The van der Waals surface area contributed by atoms with Crippen molar-refractivity contribution < 1.29 is 9.59 Å². The summed E-state index contributed by atoms with van der Waals surface area (Å²) in [5, 5.41) is 8.35. The van der Waals surface area contributed by atoms with Crippen LogP contribution in [-0.2, 0) is 4.79 Å². The molecule has 2 aromatic rings. The first-order chi connectivity index (χ1) is 10.2. The first-order valence-electron chi connectivity index (χ1n) is 6.37. The average Bonchev–Trinajstić information content (AvgIpc) is 3.05. The van der Waals surface area contributed by atoms with Gasteiger partial charge in [0, 0.05) is 0 Å². The maximum absolute atomic E-state index is 11.7. The van der Waals surface area contributed by atoms with Crippen LogP contribution < -0.4 is 10.7 Å². The van der Waals surface area contributed by atoms with Crippen molar-refractivity contribution in [1.82, 2.24) is 10.7 Å². The first kappa shape index (κ1) is 14.9. The Kier molecular flexibility index (Phi) is 5.22. The molecule has 0 radical (unpaired) electrons. The van der Waals surface area contributed by atoms with Crippen molar-refractivity contribution in [2.24, 2.45) is 5.10 Å². The monoisotopic (exact) mass is 301 g/mol. The van der Waals surface area contributed by atoms with Crippen LogP contribution in [0.25, 0.3) is 0 Å². The van der Waals surface area contributed by atoms with Gasteiger partial charge in [0.25, 0.3) is 11.8 Å². The van der Waals surface area contributed by atoms with Crippen LogP contribution >= 0.6 is 11.3 Å². The minimum absolute atomic E-state index is 0.109. The fourth-order valence-electron chi connectivity index (χ4n) is 1.59. The lowest BCUT2D eigenvalue weighted by Crippen LogP contribution is -2.34. The van der Waals surface area contributed by atoms with E-state index in [-0.39, 0.29) is 18.4 Å². The fraction of sp³-hybridized carbons (Fsp3) is 0.133. The third-order valence-electron chi connectivity index (χ3n) is 2.69. The molecule has 0 aliphatic rings. The van der Waals surface area contributed by atoms with Crippen LogP contribution in [0, 0.1) is 0 Å². The number of thiophene rings is 1. The molecule has 2 rings (SSSR count). The predicted octanol–water partition coefficient (Wildman–Crippen LogP) is 2.02. The highest BCUT2D eigenvalue weighted by Gasteiger charge is 2.08. The van der Waals surface area contributed by atoms with Crippen LogP contribution in [0.5, 0.6) is 0 Å². The largest absolute Gasteiger partial charge is 0.342 e. The van der Waals surface area contributed by atoms with E-state index in [1.54, 1.807) is 19.1 Å². The molecule has 0 aliphatic heterocycles. The lowest BCUT2D eigenvalue weighted by molar-refractivity contribution is -0.120. The zero-order valence-corrected chi connectivity index (χ0v) is 12.3. The molecule has 0 aliphatic carbocycles. The van der Waals surface area contributed by atoms with Gasteiger partial charge in [0.15, 0.2) is 0 Å². The molecule has 21 heavy (non-hydrogen) atoms. The number of rotatable bonds is 5. The van der Waals surface area contributed by atoms with Crippen molar-refractivity contribution in [2.75, 3.05) is 6.54 Å². The summed E-state index contributed by atoms with van der Waals surface area (Å²) < 4.78 is 0. The Morgan fingerprint density at radius 3 is 2.57 bits per heavy atom. The van der Waals surface area contributed by atoms with Gasteiger partial charge in [0.2, 0.25) is 0 Å². The number of benzene rings is 1. The Balaban J connectivity index is 1.81. The predicted molar refractivity (Wildman–Crippen MR) is 83.4 cm³/mol. The quantitative estimate of drug-likeness (QED) is 0.655. The molecule has 0 saturated carbocycles. The van der Waals surface area contributed by atoms with E-state index in [0.717, 1.165) is 5.56 Å². The second-order valence-electron chi connectivity index (χ2n) is 4.26. The van der Waals surface area contributed by atoms with Crippen LogP contribution in [0.1, 0.15) is 22.2 Å². The van der Waals surface area contributed by atoms with Gasteiger partial charge in [-0.3, -0.25) is 9.59 Å². The molecule has 0 spiro atoms. The van der Waals surface area contributed by atoms with Gasteiger partial charge < -0.3 is 5.32 Å². The molecule has 0 bridgehead atoms. The molecule has 0 fully saturated rings. The average molecular weight is 301 g/mol. The minimum atomic E-state index is -0.366. The number of hydrogen-bond donors (Lipinski definition) is 2. The lowest BCUT2D eigenvalue weighted by atomic mass is 10.1. The van der Waals surface area contributed by atoms with E-state index in [0.29, 0.717) is 10.6 Å². The number of nitrogens with one attached hydrogen (secondary N) is 2. The van der Waals surface area contributed by atoms with Gasteiger partial charge in [-0.25, -0.2) is 5.43 Å². The zero-order chi connectivity index (χ0) is 15.1. The topological polar surface area (TPSA) is 70.6 Å². The van der Waals surface area contributed by atoms with Crippen molar-refractivity contribution in [3.8, 4) is 0 Å². The first-order valence-corrected chi connectivity index (χ1v) is 7.25. The highest BCUT2D eigenvalue weighted by atomic mass is 32.1. The van der Waals surface area contributed by atoms with Crippen LogP contribution in [0.2, 0.25) is 0 Å². The summed E-state index contributed by atoms with van der Waals surface area (Å²) in [6.45, 7) is 1.70. The van der Waals surface area contributed by atoms with Gasteiger partial charge >= 0.3 is 0 Å². The SMILES string of the molecule is C/C(=N\NC(=O)CNC(=O)c1cccs1)c1ccccc1. The summed E-state index contributed by atoms with van der Waals surface area (Å²) in [6, 6.07) is 13.0. The van der Waals surface area contributed by atoms with Gasteiger partial charge in [-0.05, 0) is 23.9 Å². The molecule has 1 aromatic heterocycles. The van der Waals surface area contributed by atoms with Gasteiger partial charge in [-0.1, -0.05) is 36.4 Å². The molecule has 2 amide bonds. The molecule has 0 atom stereocenters. The Morgan fingerprint density at radius 2 is 1.90 bits per heavy atom. The van der Waals surface area contributed by atoms with E-state index < -0.39 is 0 Å². The smallest absolute Gasteiger partial charge is 0.261 e. The van der Waals surface area contributed by atoms with Crippen molar-refractivity contribution in [3.63, 3.8) is 0 Å². The van der Waals surface area contributed by atoms with Crippen LogP contribution in [0.3, 0.4) is 0 Å². The Bertz CT molecular complexity index is 636. The van der Waals surface area contributed by atoms with E-state index in [1.807, 2.05) is 35.7 Å². The number of carbonyl (C=O) groups is 2. The number of carbonyl (C=O) groups excluding carboxylic acids is 2. The van der Waals surface area contributed by atoms with Crippen LogP contribution in [0.15, 0.2) is 52.9 Å². The van der Waals surface area contributed by atoms with Crippen LogP contribution in [-0.4, -0.2) is 24.1 Å². The number of hydrazone groups is 1. The molecule has 2 N–H and O–H groups in total. The second kappa shape index (κ2) is 7.35. The van der Waals surface area contributed by atoms with E-state index >= 15 is 0 Å². The van der Waals surface area contributed by atoms with E-state index in [9.17, 15) is 9.59 Å². The number of amides is 2. The molecule has 0 saturated heterocycles. The summed E-state index contributed by atoms with van der Waals surface area (Å²) in [5.41, 5.74) is 4.05. The second-order valence-corrected chi connectivity index (χ2v) is 5.21. The number of nitrogens with zero attached hydrogens (tertiary/aromatic N) is 1. The summed E-state index contributed by atoms with van der Waals surface area (Å²) in [6.07, 6.45) is 0. The number of hydrogen-bond acceptors (Lipinski definition) is 4. The molecule has 5 nitrogen and oxygen atoms in total. The third-order valence-corrected chi connectivity index (χ3v) is 3.56. The van der Waals surface area contributed by atoms with Crippen molar-refractivity contribution in [1.29, 1.82) is 0 Å². The van der Waals surface area contributed by atoms with Gasteiger partial charge in [-0.15, -0.1) is 11.3 Å². The van der Waals surface area contributed by atoms with Crippen molar-refractivity contribution in [3.05, 3.63) is 58.3 Å². The molecule has 1 heterocycles. The summed E-state index contributed by atoms with van der Waals surface area (Å²) >= 11 is 1.33. The van der Waals surface area contributed by atoms with Gasteiger partial charge in [0.05, 0.1) is 17.1 Å². The summed E-state index contributed by atoms with van der Waals surface area (Å²) in [4.78, 5) is 23.9. The Labute approximate surface area is 126 Å². The van der Waals surface area contributed by atoms with Crippen LogP contribution in [0.4, 0.5) is 0 Å². The van der Waals surface area contributed by atoms with E-state index in [2.05, 4.69) is 15.8 Å². The van der Waals surface area contributed by atoms with Crippen molar-refractivity contribution in [2.45, 2.75) is 6.92 Å². The van der Waals surface area contributed by atoms with Crippen molar-refractivity contribution >= 4 is 28.9 Å². The Hall–Kier alpha value is -2.47. The van der Waals surface area contributed by atoms with E-state index in [1.165, 1.54) is 11.3 Å². The normalized spacial score (nSPS) is 11.0. The maximum atomic E-state index is 11.7. The fourth-order valence-corrected chi connectivity index (χ4v) is 2.23. The Morgan fingerprint density at radius 1 is 1.14 bits per heavy atom. The molecule has 6 heteroatoms. The highest BCUT2D eigenvalue weighted by Crippen LogP contribution is 2.07. The molecular formula is C15H15N3O2S. The molecular weight excluding hydrogens is 286 g/mol. The zero-order valence-electron chi connectivity index (χ0n) is 11.5. The lowest BCUT2D eigenvalue weighted by Gasteiger charge is -2.04. The maximum Gasteiger partial charge on any atom is 0.261 e. The van der Waals surface area contributed by atoms with E-state index in [4.69, 9.17) is 0 Å². The minimum Gasteiger partial charge on any atom is -0.342 e. The van der Waals surface area contributed by atoms with Gasteiger partial charge in [-0.2, -0.15) is 5.10 Å². The van der Waals surface area contributed by atoms with Gasteiger partial charge in [0.1, 0.15) is 0 Å². The molecule has 108 valence electrons. The third kappa shape index (κ3) is 4.54. The summed E-state index contributed by atoms with van der Waals surface area (Å²) in [7, 11) is 0. The summed E-state index contributed by atoms with van der Waals surface area (Å²) in [5.74, 6) is -0.626. The highest BCUT2D eigenvalue weighted by molar-refractivity contribution is 7.12. The molecule has 1 aromatic carbocycles. The standard InChI is InChI=1S/C15H15N3O2S/c1-11(12-6-3-2-4-7-12)17-18-14(19)10-16-15(20)13-8-5-9-21-13/h2-9H,10H2,1H3,(H,16,20)(H,18,19)/b17-11+. The molecule has 0 unspecified atom stereocenters.